The number of nitrogens with one attached hydrogen (secondary N) is 1. The molecule has 0 bridgehead atoms. The fourth-order valence-electron chi connectivity index (χ4n) is 3.23. The fourth-order valence-corrected chi connectivity index (χ4v) is 3.49. The number of carbonyl (C=O) groups is 1. The van der Waals surface area contributed by atoms with E-state index in [9.17, 15) is 14.9 Å². The Morgan fingerprint density at radius 3 is 2.63 bits per heavy atom. The molecule has 0 saturated carbocycles. The second-order valence-corrected chi connectivity index (χ2v) is 6.69. The van der Waals surface area contributed by atoms with Gasteiger partial charge in [0.25, 0.3) is 11.6 Å². The van der Waals surface area contributed by atoms with E-state index in [1.807, 2.05) is 0 Å². The molecule has 1 aliphatic rings. The second-order valence-electron chi connectivity index (χ2n) is 6.28. The first-order chi connectivity index (χ1) is 13.0. The third kappa shape index (κ3) is 4.14. The minimum atomic E-state index is -0.503. The summed E-state index contributed by atoms with van der Waals surface area (Å²) >= 11 is 6.10. The lowest BCUT2D eigenvalue weighted by atomic mass is 10.1. The van der Waals surface area contributed by atoms with Crippen molar-refractivity contribution >= 4 is 34.6 Å². The van der Waals surface area contributed by atoms with Gasteiger partial charge in [-0.2, -0.15) is 0 Å². The van der Waals surface area contributed by atoms with Crippen LogP contribution in [0.5, 0.6) is 5.75 Å². The quantitative estimate of drug-likeness (QED) is 0.601. The van der Waals surface area contributed by atoms with Crippen LogP contribution in [0.3, 0.4) is 0 Å². The number of ether oxygens (including phenoxy) is 1. The summed E-state index contributed by atoms with van der Waals surface area (Å²) < 4.78 is 5.26. The topological polar surface area (TPSA) is 84.7 Å². The van der Waals surface area contributed by atoms with Gasteiger partial charge in [-0.1, -0.05) is 17.7 Å². The average Bonchev–Trinajstić information content (AvgIpc) is 2.68. The second kappa shape index (κ2) is 8.26. The molecule has 1 heterocycles. The van der Waals surface area contributed by atoms with Crippen LogP contribution >= 0.6 is 11.6 Å². The minimum absolute atomic E-state index is 0.126. The molecule has 0 radical (unpaired) electrons. The Labute approximate surface area is 162 Å². The molecule has 0 spiro atoms. The van der Waals surface area contributed by atoms with E-state index in [-0.39, 0.29) is 11.3 Å². The molecule has 0 aliphatic carbocycles. The number of methoxy groups -OCH3 is 1. The zero-order valence-corrected chi connectivity index (χ0v) is 15.7. The predicted octanol–water partition coefficient (Wildman–Crippen LogP) is 4.50. The number of amides is 1. The molecule has 1 amide bonds. The highest BCUT2D eigenvalue weighted by Gasteiger charge is 2.23. The van der Waals surface area contributed by atoms with Crippen LogP contribution in [0.1, 0.15) is 29.6 Å². The maximum atomic E-state index is 13.0. The number of nitrogens with zero attached hydrogens (tertiary/aromatic N) is 2. The SMILES string of the molecule is COc1c(Cl)cccc1NC(=O)c1cc([N+](=O)[O-])ccc1N1CCCCC1. The van der Waals surface area contributed by atoms with Crippen molar-refractivity contribution in [1.29, 1.82) is 0 Å². The van der Waals surface area contributed by atoms with Crippen molar-refractivity contribution in [2.45, 2.75) is 19.3 Å². The fraction of sp³-hybridized carbons (Fsp3) is 0.316. The number of halogens is 1. The molecule has 2 aromatic carbocycles. The first-order valence-electron chi connectivity index (χ1n) is 8.68. The summed E-state index contributed by atoms with van der Waals surface area (Å²) in [4.78, 5) is 25.8. The molecule has 27 heavy (non-hydrogen) atoms. The highest BCUT2D eigenvalue weighted by atomic mass is 35.5. The Balaban J connectivity index is 1.98. The van der Waals surface area contributed by atoms with Gasteiger partial charge in [0, 0.05) is 25.2 Å². The van der Waals surface area contributed by atoms with E-state index in [4.69, 9.17) is 16.3 Å². The van der Waals surface area contributed by atoms with E-state index in [0.717, 1.165) is 32.4 Å². The Hall–Kier alpha value is -2.80. The van der Waals surface area contributed by atoms with Crippen molar-refractivity contribution in [3.8, 4) is 5.75 Å². The molecule has 142 valence electrons. The summed E-state index contributed by atoms with van der Waals surface area (Å²) in [5.74, 6) is -0.0997. The van der Waals surface area contributed by atoms with Crippen LogP contribution in [0, 0.1) is 10.1 Å². The van der Waals surface area contributed by atoms with Crippen LogP contribution in [0.2, 0.25) is 5.02 Å². The Bertz CT molecular complexity index is 866. The molecule has 1 fully saturated rings. The number of rotatable bonds is 5. The number of para-hydroxylation sites is 1. The summed E-state index contributed by atoms with van der Waals surface area (Å²) in [7, 11) is 1.46. The van der Waals surface area contributed by atoms with Crippen LogP contribution in [0.15, 0.2) is 36.4 Å². The number of nitro groups is 1. The Morgan fingerprint density at radius 2 is 1.96 bits per heavy atom. The molecule has 0 aromatic heterocycles. The van der Waals surface area contributed by atoms with Crippen molar-refractivity contribution in [2.75, 3.05) is 30.4 Å². The lowest BCUT2D eigenvalue weighted by Gasteiger charge is -2.30. The van der Waals surface area contributed by atoms with Crippen LogP contribution in [-0.2, 0) is 0 Å². The summed E-state index contributed by atoms with van der Waals surface area (Å²) in [6, 6.07) is 9.41. The number of hydrogen-bond acceptors (Lipinski definition) is 5. The van der Waals surface area contributed by atoms with Crippen LogP contribution in [0.25, 0.3) is 0 Å². The van der Waals surface area contributed by atoms with Gasteiger partial charge in [0.15, 0.2) is 5.75 Å². The first kappa shape index (κ1) is 19.0. The van der Waals surface area contributed by atoms with Gasteiger partial charge in [0.05, 0.1) is 34.0 Å². The number of benzene rings is 2. The van der Waals surface area contributed by atoms with Crippen molar-refractivity contribution in [2.24, 2.45) is 0 Å². The van der Waals surface area contributed by atoms with E-state index in [1.165, 1.54) is 19.2 Å². The van der Waals surface area contributed by atoms with Crippen LogP contribution in [0.4, 0.5) is 17.1 Å². The van der Waals surface area contributed by atoms with Crippen molar-refractivity contribution < 1.29 is 14.5 Å². The molecule has 3 rings (SSSR count). The zero-order valence-electron chi connectivity index (χ0n) is 14.9. The number of piperidine rings is 1. The lowest BCUT2D eigenvalue weighted by Crippen LogP contribution is -2.31. The molecule has 1 N–H and O–H groups in total. The van der Waals surface area contributed by atoms with Gasteiger partial charge < -0.3 is 15.0 Å². The molecule has 1 aliphatic heterocycles. The normalized spacial score (nSPS) is 13.9. The smallest absolute Gasteiger partial charge is 0.270 e. The third-order valence-corrected chi connectivity index (χ3v) is 4.85. The van der Waals surface area contributed by atoms with Gasteiger partial charge in [-0.3, -0.25) is 14.9 Å². The molecule has 0 atom stereocenters. The maximum absolute atomic E-state index is 13.0. The highest BCUT2D eigenvalue weighted by molar-refractivity contribution is 6.32. The summed E-state index contributed by atoms with van der Waals surface area (Å²) in [5, 5.41) is 14.3. The minimum Gasteiger partial charge on any atom is -0.493 e. The van der Waals surface area contributed by atoms with Crippen molar-refractivity contribution in [3.05, 3.63) is 57.1 Å². The van der Waals surface area contributed by atoms with Crippen LogP contribution < -0.4 is 15.0 Å². The standard InChI is InChI=1S/C19H20ClN3O4/c1-27-18-15(20)6-5-7-16(18)21-19(24)14-12-13(23(25)26)8-9-17(14)22-10-3-2-4-11-22/h5-9,12H,2-4,10-11H2,1H3,(H,21,24). The maximum Gasteiger partial charge on any atom is 0.270 e. The molecule has 2 aromatic rings. The molecular weight excluding hydrogens is 370 g/mol. The molecule has 8 heteroatoms. The zero-order chi connectivity index (χ0) is 19.4. The number of non-ortho nitro benzene ring substituents is 1. The number of anilines is 2. The molecule has 7 nitrogen and oxygen atoms in total. The monoisotopic (exact) mass is 389 g/mol. The Morgan fingerprint density at radius 1 is 1.22 bits per heavy atom. The van der Waals surface area contributed by atoms with Gasteiger partial charge in [0.2, 0.25) is 0 Å². The van der Waals surface area contributed by atoms with E-state index in [1.54, 1.807) is 24.3 Å². The van der Waals surface area contributed by atoms with Gasteiger partial charge in [-0.15, -0.1) is 0 Å². The average molecular weight is 390 g/mol. The van der Waals surface area contributed by atoms with Crippen molar-refractivity contribution in [1.82, 2.24) is 0 Å². The summed E-state index contributed by atoms with van der Waals surface area (Å²) in [5.41, 5.74) is 1.23. The molecule has 0 unspecified atom stereocenters. The Kier molecular flexibility index (Phi) is 5.81. The predicted molar refractivity (Wildman–Crippen MR) is 105 cm³/mol. The largest absolute Gasteiger partial charge is 0.493 e. The van der Waals surface area contributed by atoms with Crippen molar-refractivity contribution in [3.63, 3.8) is 0 Å². The molecule has 1 saturated heterocycles. The van der Waals surface area contributed by atoms with Gasteiger partial charge in [0.1, 0.15) is 0 Å². The van der Waals surface area contributed by atoms with E-state index in [0.29, 0.717) is 22.1 Å². The number of nitro benzene ring substituents is 1. The van der Waals surface area contributed by atoms with E-state index < -0.39 is 10.8 Å². The summed E-state index contributed by atoms with van der Waals surface area (Å²) in [6.45, 7) is 1.64. The van der Waals surface area contributed by atoms with Gasteiger partial charge in [-0.05, 0) is 37.5 Å². The van der Waals surface area contributed by atoms with Gasteiger partial charge in [-0.25, -0.2) is 0 Å². The number of carbonyl (C=O) groups excluding carboxylic acids is 1. The van der Waals surface area contributed by atoms with Crippen LogP contribution in [-0.4, -0.2) is 31.0 Å². The van der Waals surface area contributed by atoms with E-state index >= 15 is 0 Å². The van der Waals surface area contributed by atoms with E-state index in [2.05, 4.69) is 10.2 Å². The third-order valence-electron chi connectivity index (χ3n) is 4.55. The first-order valence-corrected chi connectivity index (χ1v) is 9.06. The molecular formula is C19H20ClN3O4. The lowest BCUT2D eigenvalue weighted by molar-refractivity contribution is -0.384. The highest BCUT2D eigenvalue weighted by Crippen LogP contribution is 2.34. The van der Waals surface area contributed by atoms with Gasteiger partial charge >= 0.3 is 0 Å². The number of hydrogen-bond donors (Lipinski definition) is 1. The summed E-state index contributed by atoms with van der Waals surface area (Å²) in [6.07, 6.45) is 3.20.